The summed E-state index contributed by atoms with van der Waals surface area (Å²) in [5, 5.41) is 0. The number of hydrogen-bond acceptors (Lipinski definition) is 3. The van der Waals surface area contributed by atoms with E-state index >= 15 is 0 Å². The summed E-state index contributed by atoms with van der Waals surface area (Å²) in [5.41, 5.74) is 4.26. The number of fused-ring (bicyclic) bond motifs is 2. The number of anilines is 1. The van der Waals surface area contributed by atoms with Crippen LogP contribution < -0.4 is 4.31 Å². The van der Waals surface area contributed by atoms with Gasteiger partial charge in [0.05, 0.1) is 16.7 Å². The largest absolute Gasteiger partial charge is 0.364 e. The number of rotatable bonds is 2. The molecule has 1 fully saturated rings. The molecule has 0 aromatic heterocycles. The molecule has 3 aliphatic rings. The van der Waals surface area contributed by atoms with E-state index in [1.807, 2.05) is 31.2 Å². The Kier molecular flexibility index (Phi) is 2.58. The molecule has 1 saturated heterocycles. The van der Waals surface area contributed by atoms with Gasteiger partial charge >= 0.3 is 0 Å². The molecule has 5 rings (SSSR count). The minimum atomic E-state index is -3.51. The monoisotopic (exact) mass is 327 g/mol. The van der Waals surface area contributed by atoms with Crippen molar-refractivity contribution < 1.29 is 13.2 Å². The van der Waals surface area contributed by atoms with Crippen molar-refractivity contribution >= 4 is 15.7 Å². The Morgan fingerprint density at radius 2 is 1.91 bits per heavy atom. The lowest BCUT2D eigenvalue weighted by molar-refractivity contribution is 0.366. The summed E-state index contributed by atoms with van der Waals surface area (Å²) in [6.07, 6.45) is 1.39. The number of benzene rings is 2. The molecule has 0 amide bonds. The van der Waals surface area contributed by atoms with Crippen molar-refractivity contribution in [2.75, 3.05) is 10.8 Å². The summed E-state index contributed by atoms with van der Waals surface area (Å²) >= 11 is 0. The van der Waals surface area contributed by atoms with E-state index in [9.17, 15) is 8.42 Å². The van der Waals surface area contributed by atoms with E-state index in [4.69, 9.17) is 4.74 Å². The van der Waals surface area contributed by atoms with Crippen molar-refractivity contribution in [1.29, 1.82) is 0 Å². The molecule has 118 valence electrons. The third-order valence-electron chi connectivity index (χ3n) is 5.19. The van der Waals surface area contributed by atoms with Crippen LogP contribution in [0.4, 0.5) is 5.69 Å². The number of nitrogens with zero attached hydrogens (tertiary/aromatic N) is 1. The van der Waals surface area contributed by atoms with Crippen LogP contribution in [0.5, 0.6) is 0 Å². The van der Waals surface area contributed by atoms with Crippen LogP contribution in [0.1, 0.15) is 35.1 Å². The van der Waals surface area contributed by atoms with E-state index in [0.29, 0.717) is 11.4 Å². The Labute approximate surface area is 135 Å². The van der Waals surface area contributed by atoms with E-state index in [2.05, 4.69) is 6.07 Å². The molecule has 0 bridgehead atoms. The SMILES string of the molecule is Cc1ccc(S(=O)(=O)N2C[C@@H]3C[C@H]4O[C@H]4c4cccc2c43)cc1. The highest BCUT2D eigenvalue weighted by Gasteiger charge is 2.52. The fourth-order valence-corrected chi connectivity index (χ4v) is 5.53. The Morgan fingerprint density at radius 1 is 1.13 bits per heavy atom. The third kappa shape index (κ3) is 1.83. The Hall–Kier alpha value is -1.85. The molecule has 5 heteroatoms. The second kappa shape index (κ2) is 4.36. The second-order valence-electron chi connectivity index (χ2n) is 6.66. The minimum absolute atomic E-state index is 0.184. The Balaban J connectivity index is 1.63. The van der Waals surface area contributed by atoms with Crippen molar-refractivity contribution in [1.82, 2.24) is 0 Å². The van der Waals surface area contributed by atoms with Gasteiger partial charge in [0.15, 0.2) is 0 Å². The van der Waals surface area contributed by atoms with Gasteiger partial charge in [-0.3, -0.25) is 4.31 Å². The van der Waals surface area contributed by atoms with Gasteiger partial charge in [-0.05, 0) is 42.7 Å². The maximum atomic E-state index is 13.1. The van der Waals surface area contributed by atoms with E-state index in [-0.39, 0.29) is 18.1 Å². The summed E-state index contributed by atoms with van der Waals surface area (Å²) in [5.74, 6) is 0.255. The van der Waals surface area contributed by atoms with E-state index < -0.39 is 10.0 Å². The molecular formula is C18H17NO3S. The van der Waals surface area contributed by atoms with Gasteiger partial charge < -0.3 is 4.74 Å². The highest BCUT2D eigenvalue weighted by atomic mass is 32.2. The normalized spacial score (nSPS) is 27.5. The molecule has 0 N–H and O–H groups in total. The van der Waals surface area contributed by atoms with E-state index in [1.54, 1.807) is 16.4 Å². The summed E-state index contributed by atoms with van der Waals surface area (Å²) in [7, 11) is -3.51. The number of sulfonamides is 1. The molecule has 2 aromatic carbocycles. The van der Waals surface area contributed by atoms with Gasteiger partial charge in [-0.25, -0.2) is 8.42 Å². The molecule has 1 aliphatic carbocycles. The zero-order valence-corrected chi connectivity index (χ0v) is 13.6. The predicted molar refractivity (Wildman–Crippen MR) is 87.1 cm³/mol. The lowest BCUT2D eigenvalue weighted by atomic mass is 9.84. The van der Waals surface area contributed by atoms with Crippen LogP contribution in [0.15, 0.2) is 47.4 Å². The lowest BCUT2D eigenvalue weighted by Gasteiger charge is -2.20. The fourth-order valence-electron chi connectivity index (χ4n) is 4.00. The van der Waals surface area contributed by atoms with Gasteiger partial charge in [0.1, 0.15) is 6.10 Å². The summed E-state index contributed by atoms with van der Waals surface area (Å²) in [6, 6.07) is 13.0. The standard InChI is InChI=1S/C18H17NO3S/c1-11-5-7-13(8-6-11)23(20,21)19-10-12-9-16-18(22-16)14-3-2-4-15(19)17(12)14/h2-8,12,16,18H,9-10H2,1H3/t12-,16+,18-/m0/s1. The van der Waals surface area contributed by atoms with Crippen molar-refractivity contribution in [2.24, 2.45) is 0 Å². The molecule has 2 aromatic rings. The molecule has 3 atom stereocenters. The van der Waals surface area contributed by atoms with Crippen molar-refractivity contribution in [3.05, 3.63) is 59.2 Å². The van der Waals surface area contributed by atoms with Crippen molar-refractivity contribution in [3.63, 3.8) is 0 Å². The van der Waals surface area contributed by atoms with Crippen molar-refractivity contribution in [2.45, 2.75) is 36.4 Å². The zero-order valence-electron chi connectivity index (χ0n) is 12.8. The Bertz CT molecular complexity index is 904. The fraction of sp³-hybridized carbons (Fsp3) is 0.333. The summed E-state index contributed by atoms with van der Waals surface area (Å²) in [6.45, 7) is 2.48. The van der Waals surface area contributed by atoms with Crippen LogP contribution in [0.25, 0.3) is 0 Å². The average molecular weight is 327 g/mol. The van der Waals surface area contributed by atoms with Crippen LogP contribution in [-0.4, -0.2) is 21.1 Å². The van der Waals surface area contributed by atoms with Gasteiger partial charge in [-0.2, -0.15) is 0 Å². The van der Waals surface area contributed by atoms with Crippen LogP contribution >= 0.6 is 0 Å². The molecule has 4 nitrogen and oxygen atoms in total. The van der Waals surface area contributed by atoms with Gasteiger partial charge in [0.2, 0.25) is 0 Å². The first-order valence-corrected chi connectivity index (χ1v) is 9.37. The van der Waals surface area contributed by atoms with Crippen LogP contribution in [0.2, 0.25) is 0 Å². The van der Waals surface area contributed by atoms with Crippen molar-refractivity contribution in [3.8, 4) is 0 Å². The number of aryl methyl sites for hydroxylation is 1. The topological polar surface area (TPSA) is 49.9 Å². The molecule has 0 saturated carbocycles. The molecule has 23 heavy (non-hydrogen) atoms. The first-order valence-electron chi connectivity index (χ1n) is 7.93. The maximum absolute atomic E-state index is 13.1. The van der Waals surface area contributed by atoms with E-state index in [0.717, 1.165) is 17.7 Å². The summed E-state index contributed by atoms with van der Waals surface area (Å²) < 4.78 is 33.5. The van der Waals surface area contributed by atoms with Gasteiger partial charge in [-0.15, -0.1) is 0 Å². The van der Waals surface area contributed by atoms with Crippen LogP contribution in [-0.2, 0) is 14.8 Å². The van der Waals surface area contributed by atoms with Gasteiger partial charge in [0, 0.05) is 12.5 Å². The smallest absolute Gasteiger partial charge is 0.264 e. The minimum Gasteiger partial charge on any atom is -0.364 e. The van der Waals surface area contributed by atoms with Gasteiger partial charge in [0.25, 0.3) is 10.0 Å². The number of epoxide rings is 1. The maximum Gasteiger partial charge on any atom is 0.264 e. The molecular weight excluding hydrogens is 310 g/mol. The first-order chi connectivity index (χ1) is 11.1. The highest BCUT2D eigenvalue weighted by Crippen LogP contribution is 2.56. The number of ether oxygens (including phenoxy) is 1. The van der Waals surface area contributed by atoms with Crippen LogP contribution in [0, 0.1) is 6.92 Å². The Morgan fingerprint density at radius 3 is 2.70 bits per heavy atom. The third-order valence-corrected chi connectivity index (χ3v) is 6.99. The molecule has 0 spiro atoms. The molecule has 2 heterocycles. The number of hydrogen-bond donors (Lipinski definition) is 0. The zero-order chi connectivity index (χ0) is 15.8. The average Bonchev–Trinajstić information content (AvgIpc) is 3.22. The van der Waals surface area contributed by atoms with E-state index in [1.165, 1.54) is 11.1 Å². The first kappa shape index (κ1) is 13.6. The summed E-state index contributed by atoms with van der Waals surface area (Å²) in [4.78, 5) is 0.362. The molecule has 0 radical (unpaired) electrons. The highest BCUT2D eigenvalue weighted by molar-refractivity contribution is 7.92. The predicted octanol–water partition coefficient (Wildman–Crippen LogP) is 3.13. The second-order valence-corrected chi connectivity index (χ2v) is 8.52. The molecule has 0 unspecified atom stereocenters. The van der Waals surface area contributed by atoms with Gasteiger partial charge in [-0.1, -0.05) is 29.8 Å². The quantitative estimate of drug-likeness (QED) is 0.796. The van der Waals surface area contributed by atoms with Crippen LogP contribution in [0.3, 0.4) is 0 Å². The molecule has 2 aliphatic heterocycles. The lowest BCUT2D eigenvalue weighted by Crippen LogP contribution is -2.30.